The number of hydrogen-bond acceptors (Lipinski definition) is 5. The van der Waals surface area contributed by atoms with E-state index in [2.05, 4.69) is 5.32 Å². The second-order valence-electron chi connectivity index (χ2n) is 5.91. The molecular formula is C19H20N2O5. The molecule has 26 heavy (non-hydrogen) atoms. The molecule has 7 nitrogen and oxygen atoms in total. The number of carbonyl (C=O) groups is 2. The number of non-ortho nitro benzene ring substituents is 1. The Balaban J connectivity index is 1.89. The second-order valence-corrected chi connectivity index (χ2v) is 5.91. The summed E-state index contributed by atoms with van der Waals surface area (Å²) in [5.41, 5.74) is 0.902. The summed E-state index contributed by atoms with van der Waals surface area (Å²) in [6.07, 6.45) is -1.01. The lowest BCUT2D eigenvalue weighted by Crippen LogP contribution is -2.37. The first kappa shape index (κ1) is 19.1. The predicted molar refractivity (Wildman–Crippen MR) is 95.8 cm³/mol. The van der Waals surface area contributed by atoms with Gasteiger partial charge in [-0.3, -0.25) is 14.9 Å². The molecule has 2 rings (SSSR count). The molecule has 0 aliphatic rings. The number of nitro benzene ring substituents is 1. The normalized spacial score (nSPS) is 12.7. The number of carbonyl (C=O) groups excluding carboxylic acids is 2. The summed E-state index contributed by atoms with van der Waals surface area (Å²) in [6.45, 7) is 3.84. The van der Waals surface area contributed by atoms with Crippen LogP contribution in [0.4, 0.5) is 5.69 Å². The van der Waals surface area contributed by atoms with Crippen LogP contribution in [0.1, 0.15) is 35.7 Å². The van der Waals surface area contributed by atoms with E-state index in [1.807, 2.05) is 37.3 Å². The fraction of sp³-hybridized carbons (Fsp3) is 0.263. The van der Waals surface area contributed by atoms with E-state index in [1.165, 1.54) is 25.1 Å². The van der Waals surface area contributed by atoms with Crippen LogP contribution in [0.25, 0.3) is 0 Å². The van der Waals surface area contributed by atoms with Gasteiger partial charge in [-0.05, 0) is 24.5 Å². The molecule has 0 unspecified atom stereocenters. The number of esters is 1. The molecule has 2 atom stereocenters. The van der Waals surface area contributed by atoms with Gasteiger partial charge >= 0.3 is 5.97 Å². The van der Waals surface area contributed by atoms with Crippen LogP contribution in [-0.2, 0) is 9.53 Å². The Hall–Kier alpha value is -3.22. The number of benzene rings is 2. The van der Waals surface area contributed by atoms with E-state index >= 15 is 0 Å². The second kappa shape index (κ2) is 8.75. The quantitative estimate of drug-likeness (QED) is 0.467. The van der Waals surface area contributed by atoms with Crippen LogP contribution in [0.3, 0.4) is 0 Å². The molecule has 7 heteroatoms. The molecule has 0 spiro atoms. The maximum Gasteiger partial charge on any atom is 0.339 e. The van der Waals surface area contributed by atoms with Gasteiger partial charge < -0.3 is 10.1 Å². The SMILES string of the molecule is C[C@H](OC(=O)c1cccc([N+](=O)[O-])c1)C(=O)NC[C@H](C)c1ccccc1. The molecule has 0 radical (unpaired) electrons. The van der Waals surface area contributed by atoms with Gasteiger partial charge in [-0.2, -0.15) is 0 Å². The van der Waals surface area contributed by atoms with Gasteiger partial charge in [0.2, 0.25) is 0 Å². The minimum atomic E-state index is -1.01. The van der Waals surface area contributed by atoms with E-state index in [4.69, 9.17) is 4.74 Å². The van der Waals surface area contributed by atoms with Gasteiger partial charge in [0.15, 0.2) is 6.10 Å². The lowest BCUT2D eigenvalue weighted by molar-refractivity contribution is -0.384. The molecule has 2 aromatic rings. The zero-order valence-corrected chi connectivity index (χ0v) is 14.5. The van der Waals surface area contributed by atoms with Crippen molar-refractivity contribution in [2.75, 3.05) is 6.54 Å². The highest BCUT2D eigenvalue weighted by Crippen LogP contribution is 2.15. The number of hydrogen-bond donors (Lipinski definition) is 1. The lowest BCUT2D eigenvalue weighted by Gasteiger charge is -2.16. The third kappa shape index (κ3) is 5.14. The van der Waals surface area contributed by atoms with Crippen molar-refractivity contribution in [3.8, 4) is 0 Å². The van der Waals surface area contributed by atoms with Gasteiger partial charge in [0.1, 0.15) is 0 Å². The highest BCUT2D eigenvalue weighted by atomic mass is 16.6. The van der Waals surface area contributed by atoms with Crippen molar-refractivity contribution < 1.29 is 19.2 Å². The van der Waals surface area contributed by atoms with Crippen molar-refractivity contribution in [1.82, 2.24) is 5.32 Å². The summed E-state index contributed by atoms with van der Waals surface area (Å²) in [7, 11) is 0. The van der Waals surface area contributed by atoms with Crippen LogP contribution in [0.2, 0.25) is 0 Å². The van der Waals surface area contributed by atoms with Crippen LogP contribution in [0.15, 0.2) is 54.6 Å². The number of nitrogens with zero attached hydrogens (tertiary/aromatic N) is 1. The first-order chi connectivity index (χ1) is 12.4. The summed E-state index contributed by atoms with van der Waals surface area (Å²) in [5, 5.41) is 13.5. The smallest absolute Gasteiger partial charge is 0.339 e. The minimum absolute atomic E-state index is 0.0245. The van der Waals surface area contributed by atoms with Gasteiger partial charge in [0.25, 0.3) is 11.6 Å². The Labute approximate surface area is 151 Å². The van der Waals surface area contributed by atoms with Crippen molar-refractivity contribution in [3.63, 3.8) is 0 Å². The largest absolute Gasteiger partial charge is 0.449 e. The third-order valence-electron chi connectivity index (χ3n) is 3.90. The first-order valence-corrected chi connectivity index (χ1v) is 8.16. The van der Waals surface area contributed by atoms with Crippen LogP contribution < -0.4 is 5.32 Å². The lowest BCUT2D eigenvalue weighted by atomic mass is 10.0. The van der Waals surface area contributed by atoms with Crippen LogP contribution in [0, 0.1) is 10.1 Å². The Morgan fingerprint density at radius 3 is 2.46 bits per heavy atom. The molecule has 1 amide bonds. The molecule has 136 valence electrons. The van der Waals surface area contributed by atoms with Crippen LogP contribution in [-0.4, -0.2) is 29.4 Å². The third-order valence-corrected chi connectivity index (χ3v) is 3.90. The van der Waals surface area contributed by atoms with Crippen molar-refractivity contribution >= 4 is 17.6 Å². The average molecular weight is 356 g/mol. The molecular weight excluding hydrogens is 336 g/mol. The number of nitrogens with one attached hydrogen (secondary N) is 1. The number of amides is 1. The van der Waals surface area contributed by atoms with Gasteiger partial charge in [-0.15, -0.1) is 0 Å². The van der Waals surface area contributed by atoms with Crippen molar-refractivity contribution in [1.29, 1.82) is 0 Å². The molecule has 0 saturated carbocycles. The summed E-state index contributed by atoms with van der Waals surface area (Å²) in [4.78, 5) is 34.4. The average Bonchev–Trinajstić information content (AvgIpc) is 2.66. The Bertz CT molecular complexity index is 792. The van der Waals surface area contributed by atoms with Crippen molar-refractivity contribution in [2.45, 2.75) is 25.9 Å². The summed E-state index contributed by atoms with van der Waals surface area (Å²) >= 11 is 0. The molecule has 1 N–H and O–H groups in total. The summed E-state index contributed by atoms with van der Waals surface area (Å²) in [5.74, 6) is -1.10. The van der Waals surface area contributed by atoms with Crippen LogP contribution in [0.5, 0.6) is 0 Å². The van der Waals surface area contributed by atoms with Gasteiger partial charge in [0.05, 0.1) is 10.5 Å². The zero-order chi connectivity index (χ0) is 19.1. The molecule has 0 aliphatic heterocycles. The number of nitro groups is 1. The maximum absolute atomic E-state index is 12.1. The minimum Gasteiger partial charge on any atom is -0.449 e. The predicted octanol–water partition coefficient (Wildman–Crippen LogP) is 3.06. The van der Waals surface area contributed by atoms with E-state index in [9.17, 15) is 19.7 Å². The molecule has 0 aliphatic carbocycles. The Morgan fingerprint density at radius 1 is 1.12 bits per heavy atom. The van der Waals surface area contributed by atoms with E-state index in [0.717, 1.165) is 11.6 Å². The van der Waals surface area contributed by atoms with E-state index in [0.29, 0.717) is 6.54 Å². The molecule has 2 aromatic carbocycles. The zero-order valence-electron chi connectivity index (χ0n) is 14.5. The van der Waals surface area contributed by atoms with E-state index < -0.39 is 22.9 Å². The molecule has 0 heterocycles. The maximum atomic E-state index is 12.1. The fourth-order valence-corrected chi connectivity index (χ4v) is 2.33. The molecule has 0 bridgehead atoms. The fourth-order valence-electron chi connectivity index (χ4n) is 2.33. The standard InChI is InChI=1S/C19H20N2O5/c1-13(15-7-4-3-5-8-15)12-20-18(22)14(2)26-19(23)16-9-6-10-17(11-16)21(24)25/h3-11,13-14H,12H2,1-2H3,(H,20,22)/t13-,14-/m0/s1. The molecule has 0 aromatic heterocycles. The van der Waals surface area contributed by atoms with E-state index in [-0.39, 0.29) is 17.2 Å². The number of rotatable bonds is 7. The summed E-state index contributed by atoms with van der Waals surface area (Å²) in [6, 6.07) is 14.9. The van der Waals surface area contributed by atoms with Gasteiger partial charge in [-0.1, -0.05) is 43.3 Å². The van der Waals surface area contributed by atoms with E-state index in [1.54, 1.807) is 0 Å². The first-order valence-electron chi connectivity index (χ1n) is 8.16. The van der Waals surface area contributed by atoms with Gasteiger partial charge in [-0.25, -0.2) is 4.79 Å². The Morgan fingerprint density at radius 2 is 1.81 bits per heavy atom. The Kier molecular flexibility index (Phi) is 6.43. The monoisotopic (exact) mass is 356 g/mol. The summed E-state index contributed by atoms with van der Waals surface area (Å²) < 4.78 is 5.10. The topological polar surface area (TPSA) is 98.5 Å². The molecule has 0 saturated heterocycles. The number of ether oxygens (including phenoxy) is 1. The van der Waals surface area contributed by atoms with Crippen LogP contribution >= 0.6 is 0 Å². The van der Waals surface area contributed by atoms with Crippen molar-refractivity contribution in [2.24, 2.45) is 0 Å². The highest BCUT2D eigenvalue weighted by Gasteiger charge is 2.20. The van der Waals surface area contributed by atoms with Crippen molar-refractivity contribution in [3.05, 3.63) is 75.8 Å². The molecule has 0 fully saturated rings. The highest BCUT2D eigenvalue weighted by molar-refractivity contribution is 5.92. The van der Waals surface area contributed by atoms with Gasteiger partial charge in [0, 0.05) is 18.7 Å².